The average Bonchev–Trinajstić information content (AvgIpc) is 2.94. The van der Waals surface area contributed by atoms with Crippen molar-refractivity contribution in [2.75, 3.05) is 6.61 Å². The van der Waals surface area contributed by atoms with E-state index in [2.05, 4.69) is 6.08 Å². The molecule has 4 N–H and O–H groups in total. The molecule has 0 spiro atoms. The number of hydrogen-bond donors (Lipinski definition) is 4. The molecule has 9 atom stereocenters. The molecular formula is C33H46O9. The first kappa shape index (κ1) is 33.7. The van der Waals surface area contributed by atoms with E-state index >= 15 is 0 Å². The summed E-state index contributed by atoms with van der Waals surface area (Å²) in [5, 5.41) is 39.4. The first-order valence-electron chi connectivity index (χ1n) is 14.7. The minimum Gasteiger partial charge on any atom is -0.479 e. The molecule has 9 heteroatoms. The van der Waals surface area contributed by atoms with Crippen molar-refractivity contribution in [3.8, 4) is 0 Å². The molecule has 232 valence electrons. The van der Waals surface area contributed by atoms with Crippen LogP contribution in [0.25, 0.3) is 0 Å². The van der Waals surface area contributed by atoms with Gasteiger partial charge in [0.2, 0.25) is 0 Å². The molecule has 42 heavy (non-hydrogen) atoms. The van der Waals surface area contributed by atoms with E-state index in [0.29, 0.717) is 32.1 Å². The highest BCUT2D eigenvalue weighted by atomic mass is 16.6. The van der Waals surface area contributed by atoms with Gasteiger partial charge in [-0.05, 0) is 26.2 Å². The van der Waals surface area contributed by atoms with Gasteiger partial charge in [-0.2, -0.15) is 0 Å². The molecule has 0 aliphatic carbocycles. The number of aliphatic hydroxyl groups is 3. The Morgan fingerprint density at radius 2 is 1.93 bits per heavy atom. The van der Waals surface area contributed by atoms with Gasteiger partial charge in [-0.3, -0.25) is 0 Å². The van der Waals surface area contributed by atoms with E-state index in [9.17, 15) is 24.9 Å². The number of rotatable bonds is 6. The summed E-state index contributed by atoms with van der Waals surface area (Å²) < 4.78 is 18.5. The molecule has 0 saturated carbocycles. The Morgan fingerprint density at radius 1 is 1.14 bits per heavy atom. The van der Waals surface area contributed by atoms with Crippen molar-refractivity contribution in [1.82, 2.24) is 0 Å². The Labute approximate surface area is 248 Å². The number of ether oxygens (including phenoxy) is 3. The number of aliphatic hydroxyl groups excluding tert-OH is 3. The van der Waals surface area contributed by atoms with E-state index in [1.807, 2.05) is 51.2 Å². The number of carbonyl (C=O) groups is 2. The van der Waals surface area contributed by atoms with E-state index in [0.717, 1.165) is 5.57 Å². The fraction of sp³-hybridized carbons (Fsp3) is 0.576. The lowest BCUT2D eigenvalue weighted by molar-refractivity contribution is -0.198. The molecule has 0 aromatic carbocycles. The summed E-state index contributed by atoms with van der Waals surface area (Å²) in [6.45, 7) is 5.52. The number of allylic oxidation sites excluding steroid dienone is 6. The van der Waals surface area contributed by atoms with Crippen LogP contribution < -0.4 is 0 Å². The van der Waals surface area contributed by atoms with E-state index in [-0.39, 0.29) is 37.3 Å². The predicted octanol–water partition coefficient (Wildman–Crippen LogP) is 3.96. The monoisotopic (exact) mass is 586 g/mol. The van der Waals surface area contributed by atoms with Gasteiger partial charge >= 0.3 is 11.9 Å². The summed E-state index contributed by atoms with van der Waals surface area (Å²) in [6, 6.07) is 0. The van der Waals surface area contributed by atoms with Gasteiger partial charge in [0.1, 0.15) is 6.10 Å². The number of carbonyl (C=O) groups excluding carboxylic acids is 1. The van der Waals surface area contributed by atoms with Gasteiger partial charge in [-0.1, -0.05) is 80.2 Å². The van der Waals surface area contributed by atoms with Crippen molar-refractivity contribution < 1.29 is 44.2 Å². The minimum absolute atomic E-state index is 0.0213. The van der Waals surface area contributed by atoms with Crippen LogP contribution in [0, 0.1) is 11.3 Å². The third-order valence-electron chi connectivity index (χ3n) is 8.31. The Morgan fingerprint density at radius 3 is 2.67 bits per heavy atom. The van der Waals surface area contributed by atoms with E-state index in [1.54, 1.807) is 24.3 Å². The first-order valence-corrected chi connectivity index (χ1v) is 14.7. The van der Waals surface area contributed by atoms with Gasteiger partial charge in [0.15, 0.2) is 6.10 Å². The van der Waals surface area contributed by atoms with Crippen molar-refractivity contribution in [3.63, 3.8) is 0 Å². The largest absolute Gasteiger partial charge is 0.479 e. The van der Waals surface area contributed by atoms with Crippen LogP contribution >= 0.6 is 0 Å². The smallest absolute Gasteiger partial charge is 0.332 e. The summed E-state index contributed by atoms with van der Waals surface area (Å²) in [7, 11) is 0. The van der Waals surface area contributed by atoms with Crippen LogP contribution in [0.2, 0.25) is 0 Å². The highest BCUT2D eigenvalue weighted by Crippen LogP contribution is 2.41. The van der Waals surface area contributed by atoms with E-state index < -0.39 is 41.8 Å². The second kappa shape index (κ2) is 16.1. The topological polar surface area (TPSA) is 143 Å². The summed E-state index contributed by atoms with van der Waals surface area (Å²) >= 11 is 0. The Kier molecular flexibility index (Phi) is 12.9. The van der Waals surface area contributed by atoms with Crippen molar-refractivity contribution in [1.29, 1.82) is 0 Å². The molecule has 3 aliphatic rings. The Hall–Kier alpha value is -2.82. The molecule has 4 bridgehead atoms. The quantitative estimate of drug-likeness (QED) is 0.269. The van der Waals surface area contributed by atoms with Crippen LogP contribution in [-0.2, 0) is 23.8 Å². The lowest BCUT2D eigenvalue weighted by Crippen LogP contribution is -2.55. The van der Waals surface area contributed by atoms with Gasteiger partial charge in [0, 0.05) is 31.3 Å². The molecular weight excluding hydrogens is 540 g/mol. The zero-order valence-corrected chi connectivity index (χ0v) is 24.7. The van der Waals surface area contributed by atoms with Crippen molar-refractivity contribution in [2.24, 2.45) is 11.3 Å². The molecule has 3 heterocycles. The van der Waals surface area contributed by atoms with Crippen LogP contribution in [-0.4, -0.2) is 81.7 Å². The van der Waals surface area contributed by atoms with Gasteiger partial charge < -0.3 is 34.6 Å². The SMILES string of the molecule is CC1=C/C2OC(C/C=C/C=C/C(=O)OC3CC(/C=C/C\C=C\1)OC(C/C=C\CC(O)C(=O)O)C3(C)CO)CC(O)C2C. The van der Waals surface area contributed by atoms with Crippen LogP contribution in [0.1, 0.15) is 59.3 Å². The summed E-state index contributed by atoms with van der Waals surface area (Å²) in [5.74, 6) is -1.86. The number of carboxylic acid groups (broad SMARTS) is 1. The molecule has 0 aromatic rings. The van der Waals surface area contributed by atoms with Crippen molar-refractivity contribution in [2.45, 2.75) is 102 Å². The maximum absolute atomic E-state index is 12.8. The first-order chi connectivity index (χ1) is 20.0. The molecule has 2 saturated heterocycles. The van der Waals surface area contributed by atoms with Gasteiger partial charge in [0.05, 0.1) is 42.5 Å². The minimum atomic E-state index is -1.49. The number of fused-ring (bicyclic) bond motifs is 4. The lowest BCUT2D eigenvalue weighted by atomic mass is 9.73. The van der Waals surface area contributed by atoms with Gasteiger partial charge in [0.25, 0.3) is 0 Å². The Balaban J connectivity index is 1.82. The molecule has 0 aromatic heterocycles. The fourth-order valence-corrected chi connectivity index (χ4v) is 5.44. The molecule has 9 unspecified atom stereocenters. The fourth-order valence-electron chi connectivity index (χ4n) is 5.44. The molecule has 3 aliphatic heterocycles. The van der Waals surface area contributed by atoms with Gasteiger partial charge in [-0.25, -0.2) is 9.59 Å². The number of esters is 1. The lowest BCUT2D eigenvalue weighted by Gasteiger charge is -2.47. The number of hydrogen-bond acceptors (Lipinski definition) is 8. The van der Waals surface area contributed by atoms with Crippen LogP contribution in [0.3, 0.4) is 0 Å². The predicted molar refractivity (Wildman–Crippen MR) is 158 cm³/mol. The normalized spacial score (nSPS) is 39.7. The van der Waals surface area contributed by atoms with Crippen molar-refractivity contribution >= 4 is 11.9 Å². The molecule has 3 rings (SSSR count). The standard InChI is InChI=1S/C33H46O9/c1-22-12-6-4-7-14-25-20-30(33(3,21-34)29(41-25)16-11-10-15-26(35)32(38)39)42-31(37)17-9-5-8-13-24-19-27(36)23(2)28(18-22)40-24/h5-12,14,17-18,23-30,34-36H,4,13,15-16,19-21H2,1-3H3,(H,38,39)/b8-5+,11-10-,12-6+,14-7+,17-9+,22-18-. The number of carboxylic acids is 1. The summed E-state index contributed by atoms with van der Waals surface area (Å²) in [5.41, 5.74) is 0.130. The maximum Gasteiger partial charge on any atom is 0.332 e. The zero-order chi connectivity index (χ0) is 30.7. The van der Waals surface area contributed by atoms with E-state index in [4.69, 9.17) is 19.3 Å². The third-order valence-corrected chi connectivity index (χ3v) is 8.31. The maximum atomic E-state index is 12.8. The molecule has 2 fully saturated rings. The van der Waals surface area contributed by atoms with Gasteiger partial charge in [-0.15, -0.1) is 0 Å². The zero-order valence-electron chi connectivity index (χ0n) is 24.7. The summed E-state index contributed by atoms with van der Waals surface area (Å²) in [4.78, 5) is 23.7. The van der Waals surface area contributed by atoms with E-state index in [1.165, 1.54) is 6.08 Å². The van der Waals surface area contributed by atoms with Crippen LogP contribution in [0.4, 0.5) is 0 Å². The second-order valence-corrected chi connectivity index (χ2v) is 11.7. The molecule has 0 amide bonds. The number of aliphatic carboxylic acids is 1. The van der Waals surface area contributed by atoms with Crippen LogP contribution in [0.15, 0.2) is 72.4 Å². The van der Waals surface area contributed by atoms with Crippen LogP contribution in [0.5, 0.6) is 0 Å². The molecule has 9 nitrogen and oxygen atoms in total. The summed E-state index contributed by atoms with van der Waals surface area (Å²) in [6.07, 6.45) is 18.5. The highest BCUT2D eigenvalue weighted by molar-refractivity contribution is 5.82. The molecule has 0 radical (unpaired) electrons. The highest BCUT2D eigenvalue weighted by Gasteiger charge is 2.49. The third kappa shape index (κ3) is 9.61. The average molecular weight is 587 g/mol. The Bertz CT molecular complexity index is 1090. The van der Waals surface area contributed by atoms with Crippen molar-refractivity contribution in [3.05, 3.63) is 72.4 Å². The second-order valence-electron chi connectivity index (χ2n) is 11.7.